The topological polar surface area (TPSA) is 0 Å². The van der Waals surface area contributed by atoms with Crippen molar-refractivity contribution in [2.45, 2.75) is 0 Å². The maximum Gasteiger partial charge on any atom is 0.0852 e. The van der Waals surface area contributed by atoms with E-state index in [1.54, 1.807) is 0 Å². The second-order valence-electron chi connectivity index (χ2n) is 1.12. The van der Waals surface area contributed by atoms with Crippen molar-refractivity contribution < 1.29 is 0 Å². The van der Waals surface area contributed by atoms with Gasteiger partial charge < -0.3 is 0 Å². The molecule has 9 heavy (non-hydrogen) atoms. The lowest BCUT2D eigenvalue weighted by molar-refractivity contribution is 2.30. The molecule has 0 bridgehead atoms. The molecule has 0 aromatic heterocycles. The van der Waals surface area contributed by atoms with Gasteiger partial charge in [0.1, 0.15) is 0 Å². The van der Waals surface area contributed by atoms with Gasteiger partial charge in [-0.05, 0) is 64.1 Å². The van der Waals surface area contributed by atoms with Crippen molar-refractivity contribution in [3.63, 3.8) is 0 Å². The van der Waals surface area contributed by atoms with E-state index in [4.69, 9.17) is 64.1 Å². The van der Waals surface area contributed by atoms with Crippen LogP contribution in [0, 0.1) is 0 Å². The second kappa shape index (κ2) is 3.90. The first-order valence-corrected chi connectivity index (χ1v) is 10.1. The summed E-state index contributed by atoms with van der Waals surface area (Å²) in [6, 6.07) is 0. The fourth-order valence-electron chi connectivity index (χ4n) is 0.152. The maximum absolute atomic E-state index is 5.40. The van der Waals surface area contributed by atoms with Crippen molar-refractivity contribution in [2.24, 2.45) is 0 Å². The molecule has 0 saturated carbocycles. The third-order valence-corrected chi connectivity index (χ3v) is 7.22. The Kier molecular flexibility index (Phi) is 4.96. The van der Waals surface area contributed by atoms with Gasteiger partial charge in [0.2, 0.25) is 0 Å². The highest BCUT2D eigenvalue weighted by Crippen LogP contribution is 2.77. The lowest BCUT2D eigenvalue weighted by Gasteiger charge is -2.22. The fourth-order valence-corrected chi connectivity index (χ4v) is 12.3. The monoisotopic (exact) mass is 288 g/mol. The highest BCUT2D eigenvalue weighted by molar-refractivity contribution is 8.90. The summed E-state index contributed by atoms with van der Waals surface area (Å²) in [5, 5.41) is 0.0509. The van der Waals surface area contributed by atoms with Crippen LogP contribution in [-0.2, 0) is 0 Å². The summed E-state index contributed by atoms with van der Waals surface area (Å²) in [4.78, 5) is 0. The predicted molar refractivity (Wildman–Crippen MR) is 55.2 cm³/mol. The van der Waals surface area contributed by atoms with Crippen molar-refractivity contribution >= 4 is 79.4 Å². The zero-order valence-corrected chi connectivity index (χ0v) is 9.96. The highest BCUT2D eigenvalue weighted by atomic mass is 36.2. The lowest BCUT2D eigenvalue weighted by Crippen LogP contribution is -1.80. The SMILES string of the molecule is ClS(Cl)(Cl)CS(Cl)(Cl)Cl. The lowest BCUT2D eigenvalue weighted by atomic mass is 11.9. The summed E-state index contributed by atoms with van der Waals surface area (Å²) in [5.74, 6) is 0. The van der Waals surface area contributed by atoms with Gasteiger partial charge in [0.15, 0.2) is 0 Å². The molecule has 0 N–H and O–H groups in total. The van der Waals surface area contributed by atoms with Gasteiger partial charge >= 0.3 is 0 Å². The molecule has 0 nitrogen and oxygen atoms in total. The highest BCUT2D eigenvalue weighted by Gasteiger charge is 2.25. The van der Waals surface area contributed by atoms with Gasteiger partial charge in [-0.15, -0.1) is 0 Å². The molecule has 60 valence electrons. The maximum atomic E-state index is 5.40. The molecule has 0 atom stereocenters. The minimum Gasteiger partial charge on any atom is -0.0342 e. The Balaban J connectivity index is 3.75. The van der Waals surface area contributed by atoms with E-state index in [0.717, 1.165) is 0 Å². The third kappa shape index (κ3) is 10.4. The van der Waals surface area contributed by atoms with Crippen LogP contribution in [0.3, 0.4) is 0 Å². The first-order valence-electron chi connectivity index (χ1n) is 1.50. The molecular formula is CH2Cl6S2. The normalized spacial score (nSPS) is 17.6. The summed E-state index contributed by atoms with van der Waals surface area (Å²) in [5.41, 5.74) is 0. The van der Waals surface area contributed by atoms with Crippen LogP contribution in [0.2, 0.25) is 0 Å². The molecule has 0 radical (unpaired) electrons. The molecule has 0 aliphatic heterocycles. The molecule has 0 heterocycles. The van der Waals surface area contributed by atoms with E-state index >= 15 is 0 Å². The summed E-state index contributed by atoms with van der Waals surface area (Å²) in [6.07, 6.45) is 0. The Bertz CT molecular complexity index is 76.2. The molecule has 0 spiro atoms. The van der Waals surface area contributed by atoms with Gasteiger partial charge in [0, 0.05) is 15.3 Å². The summed E-state index contributed by atoms with van der Waals surface area (Å²) >= 11 is 0. The summed E-state index contributed by atoms with van der Waals surface area (Å²) in [6.45, 7) is 0. The standard InChI is InChI=1S/CH2Cl6S2/c2-8(3,4)1-9(5,6)7/h1H2. The van der Waals surface area contributed by atoms with Crippen LogP contribution in [0.4, 0.5) is 0 Å². The van der Waals surface area contributed by atoms with Crippen molar-refractivity contribution in [1.82, 2.24) is 0 Å². The average Bonchev–Trinajstić information content (AvgIpc) is 1.14. The molecule has 0 aliphatic carbocycles. The first-order chi connectivity index (χ1) is 3.71. The largest absolute Gasteiger partial charge is 0.0852 e. The van der Waals surface area contributed by atoms with Crippen LogP contribution < -0.4 is 0 Å². The van der Waals surface area contributed by atoms with Crippen LogP contribution in [0.1, 0.15) is 0 Å². The Morgan fingerprint density at radius 2 is 0.889 bits per heavy atom. The minimum atomic E-state index is -2.22. The van der Waals surface area contributed by atoms with E-state index in [1.165, 1.54) is 0 Å². The molecule has 0 aromatic rings. The first kappa shape index (κ1) is 11.4. The Morgan fingerprint density at radius 1 is 0.667 bits per heavy atom. The van der Waals surface area contributed by atoms with E-state index in [9.17, 15) is 0 Å². The quantitative estimate of drug-likeness (QED) is 0.632. The summed E-state index contributed by atoms with van der Waals surface area (Å²) < 4.78 is 0. The van der Waals surface area contributed by atoms with Crippen molar-refractivity contribution in [3.05, 3.63) is 0 Å². The van der Waals surface area contributed by atoms with Gasteiger partial charge in [-0.2, -0.15) is 0 Å². The molecular weight excluding hydrogens is 289 g/mol. The molecule has 0 unspecified atom stereocenters. The molecule has 0 amide bonds. The van der Waals surface area contributed by atoms with Gasteiger partial charge in [0.05, 0.1) is 5.08 Å². The molecule has 0 aromatic carbocycles. The second-order valence-corrected chi connectivity index (χ2v) is 16.4. The van der Waals surface area contributed by atoms with E-state index < -0.39 is 15.3 Å². The zero-order chi connectivity index (χ0) is 7.71. The van der Waals surface area contributed by atoms with E-state index in [1.807, 2.05) is 0 Å². The van der Waals surface area contributed by atoms with E-state index in [-0.39, 0.29) is 5.08 Å². The van der Waals surface area contributed by atoms with Gasteiger partial charge in [-0.1, -0.05) is 0 Å². The third-order valence-electron chi connectivity index (χ3n) is 0.267. The number of rotatable bonds is 2. The Morgan fingerprint density at radius 3 is 0.889 bits per heavy atom. The molecule has 0 fully saturated rings. The fraction of sp³-hybridized carbons (Fsp3) is 1.00. The van der Waals surface area contributed by atoms with E-state index in [0.29, 0.717) is 0 Å². The van der Waals surface area contributed by atoms with Gasteiger partial charge in [-0.25, -0.2) is 0 Å². The average molecular weight is 291 g/mol. The Hall–Kier alpha value is 2.44. The van der Waals surface area contributed by atoms with Crippen molar-refractivity contribution in [2.75, 3.05) is 5.08 Å². The summed E-state index contributed by atoms with van der Waals surface area (Å²) in [7, 11) is 27.9. The van der Waals surface area contributed by atoms with Crippen molar-refractivity contribution in [1.29, 1.82) is 0 Å². The smallest absolute Gasteiger partial charge is 0.0342 e. The van der Waals surface area contributed by atoms with Crippen LogP contribution >= 0.6 is 79.4 Å². The number of hydrogen-bond acceptors (Lipinski definition) is 0. The van der Waals surface area contributed by atoms with Gasteiger partial charge in [0.25, 0.3) is 0 Å². The Labute approximate surface area is 83.7 Å². The van der Waals surface area contributed by atoms with Crippen LogP contribution in [0.5, 0.6) is 0 Å². The molecule has 8 heteroatoms. The predicted octanol–water partition coefficient (Wildman–Crippen LogP) is 5.48. The molecule has 0 rings (SSSR count). The molecule has 0 aliphatic rings. The van der Waals surface area contributed by atoms with Crippen LogP contribution in [0.25, 0.3) is 0 Å². The van der Waals surface area contributed by atoms with Crippen molar-refractivity contribution in [3.8, 4) is 0 Å². The number of halogens is 6. The minimum absolute atomic E-state index is 0.0509. The zero-order valence-electron chi connectivity index (χ0n) is 3.79. The van der Waals surface area contributed by atoms with Crippen LogP contribution in [-0.4, -0.2) is 5.08 Å². The van der Waals surface area contributed by atoms with E-state index in [2.05, 4.69) is 0 Å². The number of hydrogen-bond donors (Lipinski definition) is 0. The van der Waals surface area contributed by atoms with Crippen LogP contribution in [0.15, 0.2) is 0 Å². The molecule has 0 saturated heterocycles. The van der Waals surface area contributed by atoms with Gasteiger partial charge in [-0.3, -0.25) is 0 Å².